The maximum absolute atomic E-state index is 12.5. The molecule has 1 aromatic heterocycles. The third kappa shape index (κ3) is 3.91. The fraction of sp³-hybridized carbons (Fsp3) is 0.824. The molecule has 0 aromatic carbocycles. The molecule has 2 fully saturated rings. The molecule has 23 heavy (non-hydrogen) atoms. The minimum Gasteiger partial charge on any atom is -0.421 e. The Balaban J connectivity index is 1.72. The van der Waals surface area contributed by atoms with Gasteiger partial charge in [-0.3, -0.25) is 4.79 Å². The molecule has 0 saturated carbocycles. The quantitative estimate of drug-likeness (QED) is 0.923. The number of nitrogens with zero attached hydrogens (tertiary/aromatic N) is 3. The lowest BCUT2D eigenvalue weighted by Gasteiger charge is -2.34. The normalized spacial score (nSPS) is 25.8. The summed E-state index contributed by atoms with van der Waals surface area (Å²) >= 11 is 0. The van der Waals surface area contributed by atoms with Crippen LogP contribution < -0.4 is 5.32 Å². The van der Waals surface area contributed by atoms with Crippen LogP contribution in [0.15, 0.2) is 4.42 Å². The number of amides is 1. The third-order valence-corrected chi connectivity index (χ3v) is 4.76. The molecule has 1 amide bonds. The number of carbonyl (C=O) groups excluding carboxylic acids is 1. The first-order valence-electron chi connectivity index (χ1n) is 9.01. The average Bonchev–Trinajstić information content (AvgIpc) is 3.05. The second kappa shape index (κ2) is 7.43. The molecule has 6 heteroatoms. The van der Waals surface area contributed by atoms with Gasteiger partial charge < -0.3 is 14.6 Å². The van der Waals surface area contributed by atoms with Gasteiger partial charge in [0.2, 0.25) is 17.7 Å². The minimum absolute atomic E-state index is 0.0418. The molecule has 1 aromatic rings. The van der Waals surface area contributed by atoms with E-state index in [1.165, 1.54) is 12.8 Å². The van der Waals surface area contributed by atoms with Crippen molar-refractivity contribution in [3.8, 4) is 0 Å². The summed E-state index contributed by atoms with van der Waals surface area (Å²) in [4.78, 5) is 14.5. The lowest BCUT2D eigenvalue weighted by molar-refractivity contribution is -0.136. The molecular weight excluding hydrogens is 292 g/mol. The van der Waals surface area contributed by atoms with Crippen molar-refractivity contribution >= 4 is 5.91 Å². The van der Waals surface area contributed by atoms with Crippen molar-refractivity contribution in [1.82, 2.24) is 20.4 Å². The van der Waals surface area contributed by atoms with Gasteiger partial charge in [0.05, 0.1) is 6.04 Å². The maximum atomic E-state index is 12.5. The van der Waals surface area contributed by atoms with Gasteiger partial charge in [0.1, 0.15) is 6.04 Å². The highest BCUT2D eigenvalue weighted by Gasteiger charge is 2.33. The van der Waals surface area contributed by atoms with Crippen LogP contribution in [0.4, 0.5) is 0 Å². The molecular formula is C17H28N4O2. The third-order valence-electron chi connectivity index (χ3n) is 4.76. The number of nitrogens with one attached hydrogen (secondary N) is 1. The maximum Gasteiger partial charge on any atom is 0.239 e. The van der Waals surface area contributed by atoms with Crippen molar-refractivity contribution in [3.63, 3.8) is 0 Å². The fourth-order valence-electron chi connectivity index (χ4n) is 3.54. The molecule has 2 aliphatic heterocycles. The van der Waals surface area contributed by atoms with Crippen LogP contribution in [0.1, 0.15) is 82.7 Å². The topological polar surface area (TPSA) is 71.3 Å². The summed E-state index contributed by atoms with van der Waals surface area (Å²) in [6.45, 7) is 5.97. The zero-order valence-corrected chi connectivity index (χ0v) is 14.3. The van der Waals surface area contributed by atoms with Gasteiger partial charge in [-0.1, -0.05) is 20.3 Å². The molecule has 3 heterocycles. The summed E-state index contributed by atoms with van der Waals surface area (Å²) in [7, 11) is 0. The van der Waals surface area contributed by atoms with Crippen LogP contribution in [-0.4, -0.2) is 34.1 Å². The molecule has 6 nitrogen and oxygen atoms in total. The van der Waals surface area contributed by atoms with E-state index < -0.39 is 0 Å². The van der Waals surface area contributed by atoms with E-state index in [4.69, 9.17) is 4.42 Å². The number of hydrogen-bond donors (Lipinski definition) is 1. The first-order chi connectivity index (χ1) is 11.1. The minimum atomic E-state index is -0.0418. The number of rotatable bonds is 4. The predicted molar refractivity (Wildman–Crippen MR) is 86.7 cm³/mol. The van der Waals surface area contributed by atoms with Gasteiger partial charge in [-0.15, -0.1) is 10.2 Å². The Kier molecular flexibility index (Phi) is 5.30. The van der Waals surface area contributed by atoms with E-state index in [0.717, 1.165) is 38.8 Å². The van der Waals surface area contributed by atoms with Gasteiger partial charge in [-0.05, 0) is 44.6 Å². The summed E-state index contributed by atoms with van der Waals surface area (Å²) in [6.07, 6.45) is 7.12. The zero-order chi connectivity index (χ0) is 16.2. The van der Waals surface area contributed by atoms with Gasteiger partial charge in [-0.25, -0.2) is 0 Å². The van der Waals surface area contributed by atoms with E-state index in [0.29, 0.717) is 24.1 Å². The number of hydrogen-bond acceptors (Lipinski definition) is 5. The van der Waals surface area contributed by atoms with Gasteiger partial charge in [0.15, 0.2) is 0 Å². The van der Waals surface area contributed by atoms with Crippen molar-refractivity contribution in [2.45, 2.75) is 70.9 Å². The van der Waals surface area contributed by atoms with Crippen LogP contribution in [0.2, 0.25) is 0 Å². The SMILES string of the molecule is CC(C)CC(=O)N1CCCC[C@H]1c1nnc([C@H]2CCCCN2)o1. The first-order valence-corrected chi connectivity index (χ1v) is 9.01. The van der Waals surface area contributed by atoms with Crippen LogP contribution in [-0.2, 0) is 4.79 Å². The van der Waals surface area contributed by atoms with Crippen molar-refractivity contribution in [2.75, 3.05) is 13.1 Å². The van der Waals surface area contributed by atoms with E-state index >= 15 is 0 Å². The summed E-state index contributed by atoms with van der Waals surface area (Å²) in [5.74, 6) is 1.88. The first kappa shape index (κ1) is 16.4. The summed E-state index contributed by atoms with van der Waals surface area (Å²) in [6, 6.07) is 0.133. The Morgan fingerprint density at radius 3 is 2.74 bits per heavy atom. The monoisotopic (exact) mass is 320 g/mol. The van der Waals surface area contributed by atoms with Crippen LogP contribution in [0.5, 0.6) is 0 Å². The van der Waals surface area contributed by atoms with Crippen LogP contribution in [0, 0.1) is 5.92 Å². The van der Waals surface area contributed by atoms with E-state index in [1.807, 2.05) is 4.90 Å². The van der Waals surface area contributed by atoms with E-state index in [-0.39, 0.29) is 18.0 Å². The predicted octanol–water partition coefficient (Wildman–Crippen LogP) is 2.98. The van der Waals surface area contributed by atoms with E-state index in [1.54, 1.807) is 0 Å². The summed E-state index contributed by atoms with van der Waals surface area (Å²) in [5, 5.41) is 12.0. The van der Waals surface area contributed by atoms with Gasteiger partial charge in [-0.2, -0.15) is 0 Å². The number of likely N-dealkylation sites (tertiary alicyclic amines) is 1. The molecule has 2 saturated heterocycles. The highest BCUT2D eigenvalue weighted by molar-refractivity contribution is 5.76. The largest absolute Gasteiger partial charge is 0.421 e. The lowest BCUT2D eigenvalue weighted by atomic mass is 10.00. The smallest absolute Gasteiger partial charge is 0.239 e. The molecule has 0 aliphatic carbocycles. The number of carbonyl (C=O) groups is 1. The molecule has 0 unspecified atom stereocenters. The van der Waals surface area contributed by atoms with Crippen LogP contribution >= 0.6 is 0 Å². The standard InChI is InChI=1S/C17H28N4O2/c1-12(2)11-15(22)21-10-6-4-8-14(21)17-20-19-16(23-17)13-7-3-5-9-18-13/h12-14,18H,3-11H2,1-2H3/t13-,14+/m1/s1. The van der Waals surface area contributed by atoms with E-state index in [9.17, 15) is 4.79 Å². The van der Waals surface area contributed by atoms with Crippen molar-refractivity contribution in [1.29, 1.82) is 0 Å². The molecule has 2 aliphatic rings. The second-order valence-corrected chi connectivity index (χ2v) is 7.18. The summed E-state index contributed by atoms with van der Waals surface area (Å²) < 4.78 is 5.97. The molecule has 128 valence electrons. The Hall–Kier alpha value is -1.43. The number of aromatic nitrogens is 2. The van der Waals surface area contributed by atoms with Crippen molar-refractivity contribution in [3.05, 3.63) is 11.8 Å². The highest BCUT2D eigenvalue weighted by atomic mass is 16.4. The Morgan fingerprint density at radius 1 is 1.22 bits per heavy atom. The Bertz CT molecular complexity index is 522. The molecule has 2 atom stereocenters. The molecule has 3 rings (SSSR count). The van der Waals surface area contributed by atoms with Crippen LogP contribution in [0.25, 0.3) is 0 Å². The van der Waals surface area contributed by atoms with Crippen molar-refractivity contribution < 1.29 is 9.21 Å². The van der Waals surface area contributed by atoms with Gasteiger partial charge in [0, 0.05) is 13.0 Å². The Morgan fingerprint density at radius 2 is 2.00 bits per heavy atom. The highest BCUT2D eigenvalue weighted by Crippen LogP contribution is 2.32. The average molecular weight is 320 g/mol. The van der Waals surface area contributed by atoms with E-state index in [2.05, 4.69) is 29.4 Å². The molecule has 0 bridgehead atoms. The lowest BCUT2D eigenvalue weighted by Crippen LogP contribution is -2.39. The fourth-order valence-corrected chi connectivity index (χ4v) is 3.54. The Labute approximate surface area is 138 Å². The summed E-state index contributed by atoms with van der Waals surface area (Å²) in [5.41, 5.74) is 0. The molecule has 0 radical (unpaired) electrons. The molecule has 0 spiro atoms. The second-order valence-electron chi connectivity index (χ2n) is 7.18. The van der Waals surface area contributed by atoms with Gasteiger partial charge >= 0.3 is 0 Å². The van der Waals surface area contributed by atoms with Gasteiger partial charge in [0.25, 0.3) is 0 Å². The number of piperidine rings is 2. The molecule has 1 N–H and O–H groups in total. The van der Waals surface area contributed by atoms with Crippen LogP contribution in [0.3, 0.4) is 0 Å². The van der Waals surface area contributed by atoms with Crippen molar-refractivity contribution in [2.24, 2.45) is 5.92 Å². The zero-order valence-electron chi connectivity index (χ0n) is 14.3.